The Morgan fingerprint density at radius 3 is 2.71 bits per heavy atom. The van der Waals surface area contributed by atoms with Gasteiger partial charge in [0.25, 0.3) is 5.91 Å². The zero-order valence-electron chi connectivity index (χ0n) is 15.7. The molecule has 3 unspecified atom stereocenters. The van der Waals surface area contributed by atoms with Crippen molar-refractivity contribution in [2.45, 2.75) is 25.3 Å². The third kappa shape index (κ3) is 2.94. The van der Waals surface area contributed by atoms with E-state index in [4.69, 9.17) is 0 Å². The first-order valence-corrected chi connectivity index (χ1v) is 10.5. The molecule has 28 heavy (non-hydrogen) atoms. The number of rotatable bonds is 3. The van der Waals surface area contributed by atoms with Crippen LogP contribution in [-0.4, -0.2) is 5.91 Å². The minimum Gasteiger partial charge on any atom is -0.376 e. The van der Waals surface area contributed by atoms with Gasteiger partial charge in [-0.3, -0.25) is 4.79 Å². The number of nitrogens with one attached hydrogen (secondary N) is 2. The van der Waals surface area contributed by atoms with E-state index in [1.807, 2.05) is 53.8 Å². The zero-order chi connectivity index (χ0) is 19.1. The van der Waals surface area contributed by atoms with Gasteiger partial charge in [0, 0.05) is 21.4 Å². The number of amides is 1. The zero-order valence-corrected chi connectivity index (χ0v) is 16.5. The number of thiophene rings is 1. The lowest BCUT2D eigenvalue weighted by Gasteiger charge is -2.37. The minimum absolute atomic E-state index is 0.0721. The van der Waals surface area contributed by atoms with E-state index in [1.165, 1.54) is 15.3 Å². The topological polar surface area (TPSA) is 41.1 Å². The van der Waals surface area contributed by atoms with Crippen LogP contribution in [0.3, 0.4) is 0 Å². The molecule has 1 aromatic heterocycles. The molecule has 0 fully saturated rings. The fourth-order valence-electron chi connectivity index (χ4n) is 4.43. The fourth-order valence-corrected chi connectivity index (χ4v) is 5.44. The molecule has 1 aliphatic carbocycles. The van der Waals surface area contributed by atoms with E-state index in [0.717, 1.165) is 17.8 Å². The van der Waals surface area contributed by atoms with Crippen LogP contribution in [0.5, 0.6) is 0 Å². The maximum atomic E-state index is 13.1. The molecular formula is C24H22N2OS. The standard InChI is InChI=1S/C24H22N2OS/c1-15-13-14-21(28-15)23-19-11-5-9-17(19)18-10-6-12-20(22(18)26-23)24(27)25-16-7-3-2-4-8-16/h2-10,12-14,17,19,23,26H,11H2,1H3,(H,25,27). The Balaban J connectivity index is 1.54. The van der Waals surface area contributed by atoms with Crippen molar-refractivity contribution in [3.8, 4) is 0 Å². The Kier molecular flexibility index (Phi) is 4.29. The summed E-state index contributed by atoms with van der Waals surface area (Å²) in [4.78, 5) is 15.7. The van der Waals surface area contributed by atoms with E-state index in [9.17, 15) is 4.79 Å². The summed E-state index contributed by atoms with van der Waals surface area (Å²) in [5, 5.41) is 6.78. The van der Waals surface area contributed by atoms with Crippen LogP contribution in [-0.2, 0) is 0 Å². The Morgan fingerprint density at radius 1 is 1.07 bits per heavy atom. The first kappa shape index (κ1) is 17.3. The van der Waals surface area contributed by atoms with Gasteiger partial charge in [-0.2, -0.15) is 0 Å². The van der Waals surface area contributed by atoms with Crippen LogP contribution in [0.1, 0.15) is 44.1 Å². The smallest absolute Gasteiger partial charge is 0.257 e. The summed E-state index contributed by atoms with van der Waals surface area (Å²) in [6.45, 7) is 2.15. The van der Waals surface area contributed by atoms with Gasteiger partial charge in [-0.05, 0) is 55.2 Å². The Morgan fingerprint density at radius 2 is 1.93 bits per heavy atom. The molecule has 1 aliphatic heterocycles. The van der Waals surface area contributed by atoms with Gasteiger partial charge >= 0.3 is 0 Å². The van der Waals surface area contributed by atoms with Crippen molar-refractivity contribution >= 4 is 28.6 Å². The lowest BCUT2D eigenvalue weighted by molar-refractivity contribution is 0.102. The van der Waals surface area contributed by atoms with Crippen molar-refractivity contribution in [1.29, 1.82) is 0 Å². The van der Waals surface area contributed by atoms with Gasteiger partial charge in [0.05, 0.1) is 17.3 Å². The average molecular weight is 387 g/mol. The van der Waals surface area contributed by atoms with Crippen molar-refractivity contribution in [1.82, 2.24) is 0 Å². The predicted molar refractivity (Wildman–Crippen MR) is 116 cm³/mol. The summed E-state index contributed by atoms with van der Waals surface area (Å²) in [5.41, 5.74) is 3.71. The summed E-state index contributed by atoms with van der Waals surface area (Å²) < 4.78 is 0. The molecule has 0 bridgehead atoms. The van der Waals surface area contributed by atoms with E-state index in [1.54, 1.807) is 0 Å². The highest BCUT2D eigenvalue weighted by Crippen LogP contribution is 2.51. The Labute approximate surface area is 169 Å². The van der Waals surface area contributed by atoms with Gasteiger partial charge in [0.15, 0.2) is 0 Å². The molecule has 5 rings (SSSR count). The Bertz CT molecular complexity index is 1050. The molecule has 0 saturated carbocycles. The van der Waals surface area contributed by atoms with Gasteiger partial charge < -0.3 is 10.6 Å². The third-order valence-corrected chi connectivity index (χ3v) is 6.82. The van der Waals surface area contributed by atoms with Crippen LogP contribution < -0.4 is 10.6 Å². The summed E-state index contributed by atoms with van der Waals surface area (Å²) >= 11 is 1.84. The summed E-state index contributed by atoms with van der Waals surface area (Å²) in [7, 11) is 0. The van der Waals surface area contributed by atoms with Crippen LogP contribution in [0.15, 0.2) is 72.8 Å². The van der Waals surface area contributed by atoms with E-state index in [0.29, 0.717) is 17.4 Å². The van der Waals surface area contributed by atoms with Crippen LogP contribution >= 0.6 is 11.3 Å². The summed E-state index contributed by atoms with van der Waals surface area (Å²) in [5.74, 6) is 0.781. The highest BCUT2D eigenvalue weighted by atomic mass is 32.1. The molecule has 4 heteroatoms. The van der Waals surface area contributed by atoms with Crippen LogP contribution in [0, 0.1) is 12.8 Å². The maximum absolute atomic E-state index is 13.1. The number of benzene rings is 2. The quantitative estimate of drug-likeness (QED) is 0.531. The fraction of sp³-hybridized carbons (Fsp3) is 0.208. The number of hydrogen-bond acceptors (Lipinski definition) is 3. The highest BCUT2D eigenvalue weighted by molar-refractivity contribution is 7.12. The van der Waals surface area contributed by atoms with E-state index < -0.39 is 0 Å². The van der Waals surface area contributed by atoms with Crippen LogP contribution in [0.25, 0.3) is 0 Å². The van der Waals surface area contributed by atoms with Gasteiger partial charge in [0.2, 0.25) is 0 Å². The molecule has 3 atom stereocenters. The second-order valence-electron chi connectivity index (χ2n) is 7.51. The summed E-state index contributed by atoms with van der Waals surface area (Å²) in [6, 6.07) is 20.3. The molecule has 2 aliphatic rings. The first-order chi connectivity index (χ1) is 13.7. The van der Waals surface area contributed by atoms with Crippen molar-refractivity contribution in [3.05, 3.63) is 93.7 Å². The number of para-hydroxylation sites is 2. The number of fused-ring (bicyclic) bond motifs is 3. The molecule has 0 saturated heterocycles. The third-order valence-electron chi connectivity index (χ3n) is 5.74. The van der Waals surface area contributed by atoms with Gasteiger partial charge in [-0.25, -0.2) is 0 Å². The van der Waals surface area contributed by atoms with Crippen molar-refractivity contribution in [2.75, 3.05) is 10.6 Å². The number of carbonyl (C=O) groups excluding carboxylic acids is 1. The van der Waals surface area contributed by atoms with Crippen molar-refractivity contribution < 1.29 is 4.79 Å². The number of hydrogen-bond donors (Lipinski definition) is 2. The number of aryl methyl sites for hydroxylation is 1. The molecule has 1 amide bonds. The molecule has 2 N–H and O–H groups in total. The molecular weight excluding hydrogens is 364 g/mol. The van der Waals surface area contributed by atoms with E-state index in [2.05, 4.69) is 47.9 Å². The molecule has 140 valence electrons. The van der Waals surface area contributed by atoms with Crippen molar-refractivity contribution in [2.24, 2.45) is 5.92 Å². The van der Waals surface area contributed by atoms with Gasteiger partial charge in [-0.1, -0.05) is 42.5 Å². The minimum atomic E-state index is -0.0721. The lowest BCUT2D eigenvalue weighted by Crippen LogP contribution is -2.30. The maximum Gasteiger partial charge on any atom is 0.257 e. The molecule has 0 spiro atoms. The van der Waals surface area contributed by atoms with Crippen LogP contribution in [0.2, 0.25) is 0 Å². The Hall–Kier alpha value is -2.85. The normalized spacial score (nSPS) is 22.2. The monoisotopic (exact) mass is 386 g/mol. The predicted octanol–water partition coefficient (Wildman–Crippen LogP) is 6.14. The highest BCUT2D eigenvalue weighted by Gasteiger charge is 2.39. The molecule has 3 aromatic rings. The molecule has 2 heterocycles. The second-order valence-corrected chi connectivity index (χ2v) is 8.83. The number of carbonyl (C=O) groups is 1. The second kappa shape index (κ2) is 6.95. The van der Waals surface area contributed by atoms with Gasteiger partial charge in [-0.15, -0.1) is 11.3 Å². The van der Waals surface area contributed by atoms with Gasteiger partial charge in [0.1, 0.15) is 0 Å². The van der Waals surface area contributed by atoms with E-state index in [-0.39, 0.29) is 11.9 Å². The number of allylic oxidation sites excluding steroid dienone is 2. The van der Waals surface area contributed by atoms with Crippen molar-refractivity contribution in [3.63, 3.8) is 0 Å². The number of anilines is 2. The SMILES string of the molecule is Cc1ccc(C2Nc3c(C(=O)Nc4ccccc4)cccc3C3C=CCC32)s1. The van der Waals surface area contributed by atoms with Crippen LogP contribution in [0.4, 0.5) is 11.4 Å². The molecule has 0 radical (unpaired) electrons. The largest absolute Gasteiger partial charge is 0.376 e. The average Bonchev–Trinajstić information content (AvgIpc) is 3.37. The summed E-state index contributed by atoms with van der Waals surface area (Å²) in [6.07, 6.45) is 5.67. The molecule has 2 aromatic carbocycles. The molecule has 3 nitrogen and oxygen atoms in total. The van der Waals surface area contributed by atoms with E-state index >= 15 is 0 Å². The lowest BCUT2D eigenvalue weighted by atomic mass is 9.78. The first-order valence-electron chi connectivity index (χ1n) is 9.69.